The predicted molar refractivity (Wildman–Crippen MR) is 76.9 cm³/mol. The van der Waals surface area contributed by atoms with E-state index in [0.717, 1.165) is 0 Å². The Kier molecular flexibility index (Phi) is 4.04. The Morgan fingerprint density at radius 1 is 1.50 bits per heavy atom. The Labute approximate surface area is 123 Å². The number of hydrogen-bond acceptors (Lipinski definition) is 4. The molecule has 0 bridgehead atoms. The van der Waals surface area contributed by atoms with Crippen molar-refractivity contribution >= 4 is 27.5 Å². The van der Waals surface area contributed by atoms with Crippen molar-refractivity contribution in [3.63, 3.8) is 0 Å². The summed E-state index contributed by atoms with van der Waals surface area (Å²) in [5, 5.41) is 1.67. The number of halogens is 1. The van der Waals surface area contributed by atoms with Crippen molar-refractivity contribution in [3.8, 4) is 12.3 Å². The average Bonchev–Trinajstić information content (AvgIpc) is 2.63. The summed E-state index contributed by atoms with van der Waals surface area (Å²) in [5.41, 5.74) is 0.347. The Bertz CT molecular complexity index is 705. The summed E-state index contributed by atoms with van der Waals surface area (Å²) in [5.74, 6) is 2.50. The summed E-state index contributed by atoms with van der Waals surface area (Å²) in [6, 6.07) is 4.49. The lowest BCUT2D eigenvalue weighted by Crippen LogP contribution is -2.37. The van der Waals surface area contributed by atoms with Crippen LogP contribution in [0.3, 0.4) is 0 Å². The van der Waals surface area contributed by atoms with Gasteiger partial charge in [-0.15, -0.1) is 10.8 Å². The van der Waals surface area contributed by atoms with Gasteiger partial charge in [0.15, 0.2) is 5.84 Å². The lowest BCUT2D eigenvalue weighted by Gasteiger charge is -2.26. The molecule has 106 valence electrons. The zero-order valence-corrected chi connectivity index (χ0v) is 12.6. The summed E-state index contributed by atoms with van der Waals surface area (Å²) >= 11 is 6.11. The van der Waals surface area contributed by atoms with Crippen LogP contribution in [0.25, 0.3) is 0 Å². The molecule has 7 heteroatoms. The number of terminal acetylenes is 1. The van der Waals surface area contributed by atoms with Gasteiger partial charge in [-0.3, -0.25) is 4.84 Å². The summed E-state index contributed by atoms with van der Waals surface area (Å²) in [6.07, 6.45) is 5.17. The highest BCUT2D eigenvalue weighted by atomic mass is 35.5. The van der Waals surface area contributed by atoms with Crippen molar-refractivity contribution in [1.82, 2.24) is 5.06 Å². The van der Waals surface area contributed by atoms with Crippen molar-refractivity contribution in [2.75, 3.05) is 6.61 Å². The minimum absolute atomic E-state index is 0.0109. The highest BCUT2D eigenvalue weighted by molar-refractivity contribution is 7.90. The van der Waals surface area contributed by atoms with Gasteiger partial charge in [-0.05, 0) is 26.0 Å². The molecule has 0 radical (unpaired) electrons. The Balaban J connectivity index is 2.57. The minimum atomic E-state index is -3.75. The van der Waals surface area contributed by atoms with Crippen LogP contribution in [0.2, 0.25) is 5.02 Å². The maximum absolute atomic E-state index is 12.0. The van der Waals surface area contributed by atoms with E-state index in [1.165, 1.54) is 11.1 Å². The number of amidine groups is 1. The molecule has 20 heavy (non-hydrogen) atoms. The van der Waals surface area contributed by atoms with Gasteiger partial charge >= 0.3 is 0 Å². The zero-order valence-electron chi connectivity index (χ0n) is 11.0. The van der Waals surface area contributed by atoms with Crippen LogP contribution in [-0.2, 0) is 14.9 Å². The zero-order chi connectivity index (χ0) is 14.9. The second kappa shape index (κ2) is 5.44. The first-order valence-electron chi connectivity index (χ1n) is 5.88. The molecule has 0 saturated heterocycles. The third kappa shape index (κ3) is 2.52. The van der Waals surface area contributed by atoms with E-state index in [1.807, 2.05) is 13.8 Å². The number of fused-ring (bicyclic) bond motifs is 1. The highest BCUT2D eigenvalue weighted by Crippen LogP contribution is 2.33. The molecule has 1 aromatic rings. The maximum atomic E-state index is 12.0. The van der Waals surface area contributed by atoms with Crippen LogP contribution in [0.15, 0.2) is 27.5 Å². The molecule has 1 heterocycles. The smallest absolute Gasteiger partial charge is 0.259 e. The number of hydroxylamine groups is 2. The summed E-state index contributed by atoms with van der Waals surface area (Å²) in [7, 11) is -3.75. The molecule has 0 amide bonds. The van der Waals surface area contributed by atoms with Gasteiger partial charge in [0.2, 0.25) is 0 Å². The van der Waals surface area contributed by atoms with Crippen LogP contribution in [0.1, 0.15) is 19.4 Å². The first-order valence-corrected chi connectivity index (χ1v) is 7.69. The first kappa shape index (κ1) is 14.9. The molecule has 5 nitrogen and oxygen atoms in total. The highest BCUT2D eigenvalue weighted by Gasteiger charge is 2.35. The molecule has 1 aliphatic heterocycles. The standard InChI is InChI=1S/C13H13ClN2O3S/c1-4-8-19-16(9(2)3)13-12-10(14)6-5-7-11(12)20(17,18)15-13/h1,5-7,9H,8H2,2-3H3. The molecule has 0 aliphatic carbocycles. The van der Waals surface area contributed by atoms with Gasteiger partial charge in [-0.25, -0.2) is 5.06 Å². The van der Waals surface area contributed by atoms with E-state index in [1.54, 1.807) is 12.1 Å². The van der Waals surface area contributed by atoms with E-state index >= 15 is 0 Å². The fourth-order valence-electron chi connectivity index (χ4n) is 1.86. The second-order valence-corrected chi connectivity index (χ2v) is 6.38. The van der Waals surface area contributed by atoms with Crippen LogP contribution in [0.4, 0.5) is 0 Å². The van der Waals surface area contributed by atoms with Gasteiger partial charge in [-0.2, -0.15) is 8.42 Å². The van der Waals surface area contributed by atoms with Crippen LogP contribution in [0.5, 0.6) is 0 Å². The maximum Gasteiger partial charge on any atom is 0.285 e. The Morgan fingerprint density at radius 2 is 2.20 bits per heavy atom. The molecule has 2 rings (SSSR count). The molecule has 0 saturated carbocycles. The summed E-state index contributed by atoms with van der Waals surface area (Å²) < 4.78 is 27.9. The predicted octanol–water partition coefficient (Wildman–Crippen LogP) is 2.06. The van der Waals surface area contributed by atoms with Crippen molar-refractivity contribution in [2.24, 2.45) is 4.40 Å². The number of benzene rings is 1. The van der Waals surface area contributed by atoms with Crippen molar-refractivity contribution in [3.05, 3.63) is 28.8 Å². The van der Waals surface area contributed by atoms with E-state index in [4.69, 9.17) is 22.9 Å². The summed E-state index contributed by atoms with van der Waals surface area (Å²) in [6.45, 7) is 3.68. The third-order valence-corrected chi connectivity index (χ3v) is 4.27. The molecular formula is C13H13ClN2O3S. The van der Waals surface area contributed by atoms with Crippen LogP contribution in [0, 0.1) is 12.3 Å². The quantitative estimate of drug-likeness (QED) is 0.633. The van der Waals surface area contributed by atoms with Gasteiger partial charge in [0, 0.05) is 0 Å². The minimum Gasteiger partial charge on any atom is -0.259 e. The van der Waals surface area contributed by atoms with Crippen molar-refractivity contribution < 1.29 is 13.3 Å². The molecular weight excluding hydrogens is 300 g/mol. The molecule has 1 aliphatic rings. The second-order valence-electron chi connectivity index (χ2n) is 4.40. The normalized spacial score (nSPS) is 15.7. The first-order chi connectivity index (χ1) is 9.38. The van der Waals surface area contributed by atoms with Gasteiger partial charge < -0.3 is 0 Å². The van der Waals surface area contributed by atoms with Gasteiger partial charge in [0.05, 0.1) is 16.6 Å². The van der Waals surface area contributed by atoms with Crippen LogP contribution >= 0.6 is 11.6 Å². The molecule has 0 unspecified atom stereocenters. The van der Waals surface area contributed by atoms with E-state index < -0.39 is 10.0 Å². The topological polar surface area (TPSA) is 59.0 Å². The number of rotatable bonds is 3. The largest absolute Gasteiger partial charge is 0.285 e. The molecule has 0 spiro atoms. The Morgan fingerprint density at radius 3 is 2.80 bits per heavy atom. The number of hydrogen-bond donors (Lipinski definition) is 0. The van der Waals surface area contributed by atoms with Gasteiger partial charge in [0.1, 0.15) is 11.5 Å². The van der Waals surface area contributed by atoms with E-state index in [0.29, 0.717) is 10.6 Å². The van der Waals surface area contributed by atoms with Gasteiger partial charge in [-0.1, -0.05) is 23.6 Å². The molecule has 0 aromatic heterocycles. The third-order valence-electron chi connectivity index (χ3n) is 2.65. The molecule has 0 fully saturated rings. The van der Waals surface area contributed by atoms with Crippen LogP contribution < -0.4 is 0 Å². The number of nitrogens with zero attached hydrogens (tertiary/aromatic N) is 2. The van der Waals surface area contributed by atoms with Gasteiger partial charge in [0.25, 0.3) is 10.0 Å². The molecule has 0 N–H and O–H groups in total. The molecule has 1 aromatic carbocycles. The van der Waals surface area contributed by atoms with E-state index in [-0.39, 0.29) is 23.4 Å². The van der Waals surface area contributed by atoms with Crippen LogP contribution in [-0.4, -0.2) is 32.0 Å². The molecule has 0 atom stereocenters. The van der Waals surface area contributed by atoms with E-state index in [2.05, 4.69) is 10.3 Å². The average molecular weight is 313 g/mol. The van der Waals surface area contributed by atoms with Crippen molar-refractivity contribution in [1.29, 1.82) is 0 Å². The fraction of sp³-hybridized carbons (Fsp3) is 0.308. The summed E-state index contributed by atoms with van der Waals surface area (Å²) in [4.78, 5) is 5.46. The monoisotopic (exact) mass is 312 g/mol. The van der Waals surface area contributed by atoms with E-state index in [9.17, 15) is 8.42 Å². The lowest BCUT2D eigenvalue weighted by atomic mass is 10.2. The SMILES string of the molecule is C#CCON(C1=NS(=O)(=O)c2cccc(Cl)c21)C(C)C. The Hall–Kier alpha value is -1.55. The number of sulfonamides is 1. The van der Waals surface area contributed by atoms with Crippen molar-refractivity contribution in [2.45, 2.75) is 24.8 Å². The lowest BCUT2D eigenvalue weighted by molar-refractivity contribution is -0.104. The fourth-order valence-corrected chi connectivity index (χ4v) is 3.38.